The Labute approximate surface area is 219 Å². The molecule has 204 valence electrons. The number of benzene rings is 2. The van der Waals surface area contributed by atoms with Gasteiger partial charge in [-0.25, -0.2) is 13.2 Å². The Bertz CT molecular complexity index is 1440. The number of rotatable bonds is 5. The summed E-state index contributed by atoms with van der Waals surface area (Å²) >= 11 is 0. The van der Waals surface area contributed by atoms with Crippen LogP contribution in [0.5, 0.6) is 0 Å². The SMILES string of the molecule is C=C(Nc1cc(C(F)(F)F)c(F)cc1N)N1CCC2(CC1)C(=O)N(c1ccc(F)c(F)c1)C2c1ccccn1. The summed E-state index contributed by atoms with van der Waals surface area (Å²) in [6, 6.07) is 9.17. The zero-order chi connectivity index (χ0) is 28.1. The number of nitrogens with zero attached hydrogens (tertiary/aromatic N) is 3. The highest BCUT2D eigenvalue weighted by Gasteiger charge is 2.62. The van der Waals surface area contributed by atoms with Gasteiger partial charge in [0.25, 0.3) is 0 Å². The van der Waals surface area contributed by atoms with E-state index in [1.165, 1.54) is 11.0 Å². The largest absolute Gasteiger partial charge is 0.419 e. The van der Waals surface area contributed by atoms with Crippen molar-refractivity contribution in [3.8, 4) is 0 Å². The lowest BCUT2D eigenvalue weighted by Gasteiger charge is -2.58. The van der Waals surface area contributed by atoms with Gasteiger partial charge in [0.2, 0.25) is 5.91 Å². The number of pyridine rings is 1. The molecule has 0 saturated carbocycles. The molecule has 1 unspecified atom stereocenters. The van der Waals surface area contributed by atoms with Crippen molar-refractivity contribution in [1.29, 1.82) is 0 Å². The Morgan fingerprint density at radius 1 is 1.03 bits per heavy atom. The van der Waals surface area contributed by atoms with Gasteiger partial charge in [-0.15, -0.1) is 0 Å². The first-order chi connectivity index (χ1) is 18.4. The molecule has 1 atom stereocenters. The maximum Gasteiger partial charge on any atom is 0.419 e. The molecule has 0 radical (unpaired) electrons. The van der Waals surface area contributed by atoms with Crippen molar-refractivity contribution in [2.75, 3.05) is 29.0 Å². The first-order valence-corrected chi connectivity index (χ1v) is 12.0. The molecule has 3 heterocycles. The molecule has 5 rings (SSSR count). The summed E-state index contributed by atoms with van der Waals surface area (Å²) in [5.74, 6) is -3.62. The van der Waals surface area contributed by atoms with E-state index in [0.717, 1.165) is 12.1 Å². The molecule has 3 aromatic rings. The minimum atomic E-state index is -4.91. The van der Waals surface area contributed by atoms with E-state index in [4.69, 9.17) is 5.73 Å². The van der Waals surface area contributed by atoms with Gasteiger partial charge in [0.05, 0.1) is 39.9 Å². The Morgan fingerprint density at radius 3 is 2.36 bits per heavy atom. The summed E-state index contributed by atoms with van der Waals surface area (Å²) in [4.78, 5) is 21.1. The minimum Gasteiger partial charge on any atom is -0.397 e. The lowest BCUT2D eigenvalue weighted by Crippen LogP contribution is -2.66. The summed E-state index contributed by atoms with van der Waals surface area (Å²) in [7, 11) is 0. The molecule has 0 aliphatic carbocycles. The number of nitrogens with one attached hydrogen (secondary N) is 1. The molecule has 0 bridgehead atoms. The van der Waals surface area contributed by atoms with E-state index in [9.17, 15) is 31.1 Å². The van der Waals surface area contributed by atoms with Crippen LogP contribution in [0.4, 0.5) is 43.4 Å². The Morgan fingerprint density at radius 2 is 1.74 bits per heavy atom. The average Bonchev–Trinajstić information content (AvgIpc) is 2.90. The molecule has 6 nitrogen and oxygen atoms in total. The molecule has 2 fully saturated rings. The van der Waals surface area contributed by atoms with Gasteiger partial charge in [-0.05, 0) is 49.2 Å². The van der Waals surface area contributed by atoms with Crippen molar-refractivity contribution in [3.05, 3.63) is 95.8 Å². The molecule has 3 N–H and O–H groups in total. The lowest BCUT2D eigenvalue weighted by molar-refractivity contribution is -0.144. The van der Waals surface area contributed by atoms with E-state index in [0.29, 0.717) is 43.8 Å². The smallest absolute Gasteiger partial charge is 0.397 e. The van der Waals surface area contributed by atoms with Gasteiger partial charge < -0.3 is 20.9 Å². The second kappa shape index (κ2) is 9.51. The predicted molar refractivity (Wildman–Crippen MR) is 133 cm³/mol. The van der Waals surface area contributed by atoms with E-state index >= 15 is 0 Å². The first-order valence-electron chi connectivity index (χ1n) is 12.0. The summed E-state index contributed by atoms with van der Waals surface area (Å²) in [5, 5.41) is 2.74. The van der Waals surface area contributed by atoms with Crippen LogP contribution in [0.2, 0.25) is 0 Å². The molecule has 12 heteroatoms. The van der Waals surface area contributed by atoms with Crippen molar-refractivity contribution >= 4 is 23.0 Å². The Kier molecular flexibility index (Phi) is 6.44. The number of carbonyl (C=O) groups is 1. The third-order valence-electron chi connectivity index (χ3n) is 7.34. The van der Waals surface area contributed by atoms with Crippen LogP contribution < -0.4 is 16.0 Å². The number of nitrogen functional groups attached to an aromatic ring is 1. The number of likely N-dealkylation sites (tertiary alicyclic amines) is 1. The lowest BCUT2D eigenvalue weighted by atomic mass is 9.63. The van der Waals surface area contributed by atoms with Crippen LogP contribution >= 0.6 is 0 Å². The summed E-state index contributed by atoms with van der Waals surface area (Å²) < 4.78 is 80.9. The molecule has 2 aliphatic rings. The van der Waals surface area contributed by atoms with Crippen molar-refractivity contribution in [3.63, 3.8) is 0 Å². The van der Waals surface area contributed by atoms with Gasteiger partial charge in [-0.3, -0.25) is 9.78 Å². The molecule has 39 heavy (non-hydrogen) atoms. The molecule has 2 saturated heterocycles. The first kappa shape index (κ1) is 26.4. The fraction of sp³-hybridized carbons (Fsp3) is 0.259. The maximum absolute atomic E-state index is 14.0. The third kappa shape index (κ3) is 4.53. The van der Waals surface area contributed by atoms with Gasteiger partial charge in [0, 0.05) is 31.0 Å². The Hall–Kier alpha value is -4.22. The standard InChI is InChI=1S/C27H23F6N5O/c1-15(36-23-13-17(27(31,32)33)19(29)14-21(23)34)37-10-7-26(8-11-37)24(22-4-2-3-9-35-22)38(25(26)39)16-5-6-18(28)20(30)12-16/h2-6,9,12-14,24,36H,1,7-8,10-11,34H2. The van der Waals surface area contributed by atoms with E-state index in [2.05, 4.69) is 16.9 Å². The number of nitrogens with two attached hydrogens (primary N) is 1. The number of aromatic nitrogens is 1. The van der Waals surface area contributed by atoms with Crippen LogP contribution in [0.25, 0.3) is 0 Å². The fourth-order valence-corrected chi connectivity index (χ4v) is 5.32. The van der Waals surface area contributed by atoms with E-state index in [-0.39, 0.29) is 28.8 Å². The highest BCUT2D eigenvalue weighted by Crippen LogP contribution is 2.57. The number of alkyl halides is 3. The molecule has 2 aliphatic heterocycles. The quantitative estimate of drug-likeness (QED) is 0.238. The van der Waals surface area contributed by atoms with Crippen LogP contribution in [-0.2, 0) is 11.0 Å². The van der Waals surface area contributed by atoms with Crippen LogP contribution in [0.3, 0.4) is 0 Å². The van der Waals surface area contributed by atoms with Crippen LogP contribution in [0.1, 0.15) is 30.1 Å². The van der Waals surface area contributed by atoms with Gasteiger partial charge >= 0.3 is 6.18 Å². The van der Waals surface area contributed by atoms with E-state index < -0.39 is 40.6 Å². The zero-order valence-corrected chi connectivity index (χ0v) is 20.4. The van der Waals surface area contributed by atoms with Crippen molar-refractivity contribution in [2.45, 2.75) is 25.1 Å². The van der Waals surface area contributed by atoms with Crippen LogP contribution in [0, 0.1) is 22.9 Å². The summed E-state index contributed by atoms with van der Waals surface area (Å²) in [5.41, 5.74) is 3.83. The molecule has 1 aromatic heterocycles. The minimum absolute atomic E-state index is 0.149. The number of halogens is 6. The summed E-state index contributed by atoms with van der Waals surface area (Å²) in [6.45, 7) is 4.51. The molecular weight excluding hydrogens is 524 g/mol. The highest BCUT2D eigenvalue weighted by molar-refractivity contribution is 6.06. The van der Waals surface area contributed by atoms with Crippen molar-refractivity contribution < 1.29 is 31.1 Å². The normalized spacial score (nSPS) is 18.7. The number of β-lactam (4-membered cyclic amide) rings is 1. The van der Waals surface area contributed by atoms with Crippen molar-refractivity contribution in [2.24, 2.45) is 5.41 Å². The maximum atomic E-state index is 14.0. The topological polar surface area (TPSA) is 74.5 Å². The number of amides is 1. The number of hydrogen-bond donors (Lipinski definition) is 2. The second-order valence-electron chi connectivity index (χ2n) is 9.56. The molecule has 1 amide bonds. The molecule has 1 spiro atoms. The number of piperidine rings is 1. The number of anilines is 3. The van der Waals surface area contributed by atoms with E-state index in [1.54, 1.807) is 29.3 Å². The Balaban J connectivity index is 1.36. The number of carbonyl (C=O) groups excluding carboxylic acids is 1. The third-order valence-corrected chi connectivity index (χ3v) is 7.34. The zero-order valence-electron chi connectivity index (χ0n) is 20.4. The van der Waals surface area contributed by atoms with Crippen LogP contribution in [-0.4, -0.2) is 28.9 Å². The van der Waals surface area contributed by atoms with Crippen molar-refractivity contribution in [1.82, 2.24) is 9.88 Å². The molecular formula is C27H23F6N5O. The molecule has 2 aromatic carbocycles. The second-order valence-corrected chi connectivity index (χ2v) is 9.56. The summed E-state index contributed by atoms with van der Waals surface area (Å²) in [6.07, 6.45) is -2.66. The van der Waals surface area contributed by atoms with Gasteiger partial charge in [-0.2, -0.15) is 13.2 Å². The van der Waals surface area contributed by atoms with Crippen LogP contribution in [0.15, 0.2) is 67.1 Å². The monoisotopic (exact) mass is 547 g/mol. The van der Waals surface area contributed by atoms with Gasteiger partial charge in [0.15, 0.2) is 11.6 Å². The predicted octanol–water partition coefficient (Wildman–Crippen LogP) is 5.85. The van der Waals surface area contributed by atoms with Gasteiger partial charge in [0.1, 0.15) is 5.82 Å². The average molecular weight is 548 g/mol. The number of hydrogen-bond acceptors (Lipinski definition) is 5. The highest BCUT2D eigenvalue weighted by atomic mass is 19.4. The fourth-order valence-electron chi connectivity index (χ4n) is 5.32. The van der Waals surface area contributed by atoms with E-state index in [1.807, 2.05) is 0 Å². The van der Waals surface area contributed by atoms with Gasteiger partial charge in [-0.1, -0.05) is 12.6 Å².